The van der Waals surface area contributed by atoms with Crippen LogP contribution in [-0.2, 0) is 4.79 Å². The molecule has 2 aromatic heterocycles. The molecule has 2 heterocycles. The molecule has 158 valence electrons. The van der Waals surface area contributed by atoms with Gasteiger partial charge in [0.1, 0.15) is 17.3 Å². The first-order valence-corrected chi connectivity index (χ1v) is 9.40. The summed E-state index contributed by atoms with van der Waals surface area (Å²) in [5.74, 6) is 3.53. The van der Waals surface area contributed by atoms with Crippen LogP contribution in [0.4, 0.5) is 17.5 Å². The maximum atomic E-state index is 10.9. The largest absolute Gasteiger partial charge is 0.493 e. The second kappa shape index (κ2) is 8.62. The van der Waals surface area contributed by atoms with E-state index in [9.17, 15) is 4.79 Å². The Morgan fingerprint density at radius 3 is 2.58 bits per heavy atom. The van der Waals surface area contributed by atoms with Crippen LogP contribution < -0.4 is 24.4 Å². The maximum Gasteiger partial charge on any atom is 0.215 e. The van der Waals surface area contributed by atoms with Gasteiger partial charge < -0.3 is 29.4 Å². The fourth-order valence-corrected chi connectivity index (χ4v) is 3.01. The van der Waals surface area contributed by atoms with Crippen LogP contribution in [0.25, 0.3) is 11.0 Å². The number of hydrogen-bond acceptors (Lipinski definition) is 7. The first kappa shape index (κ1) is 20.0. The van der Waals surface area contributed by atoms with Crippen molar-refractivity contribution in [2.75, 3.05) is 31.5 Å². The van der Waals surface area contributed by atoms with Crippen molar-refractivity contribution in [1.82, 2.24) is 15.0 Å². The summed E-state index contributed by atoms with van der Waals surface area (Å²) in [6, 6.07) is 14.5. The molecule has 0 atom stereocenters. The summed E-state index contributed by atoms with van der Waals surface area (Å²) in [6.45, 7) is 0. The Bertz CT molecular complexity index is 1220. The third-order valence-corrected chi connectivity index (χ3v) is 4.57. The van der Waals surface area contributed by atoms with Crippen molar-refractivity contribution in [1.29, 1.82) is 0 Å². The number of anilines is 3. The molecule has 0 aliphatic heterocycles. The summed E-state index contributed by atoms with van der Waals surface area (Å²) >= 11 is 0. The van der Waals surface area contributed by atoms with Gasteiger partial charge in [-0.2, -0.15) is 0 Å². The lowest BCUT2D eigenvalue weighted by atomic mass is 10.3. The van der Waals surface area contributed by atoms with Crippen molar-refractivity contribution < 1.29 is 19.0 Å². The van der Waals surface area contributed by atoms with E-state index in [1.807, 2.05) is 36.4 Å². The van der Waals surface area contributed by atoms with E-state index in [0.717, 1.165) is 16.7 Å². The molecule has 1 amide bonds. The topological polar surface area (TPSA) is 102 Å². The molecular formula is C22H21N5O4. The zero-order valence-corrected chi connectivity index (χ0v) is 17.2. The molecular weight excluding hydrogens is 398 g/mol. The van der Waals surface area contributed by atoms with E-state index < -0.39 is 0 Å². The van der Waals surface area contributed by atoms with Crippen LogP contribution in [0.5, 0.6) is 23.0 Å². The maximum absolute atomic E-state index is 10.9. The molecule has 0 spiro atoms. The Labute approximate surface area is 178 Å². The summed E-state index contributed by atoms with van der Waals surface area (Å²) in [7, 11) is 4.81. The summed E-state index contributed by atoms with van der Waals surface area (Å²) in [5.41, 5.74) is 2.39. The van der Waals surface area contributed by atoms with Gasteiger partial charge >= 0.3 is 0 Å². The molecule has 0 aliphatic rings. The highest BCUT2D eigenvalue weighted by Crippen LogP contribution is 2.32. The predicted octanol–water partition coefficient (Wildman–Crippen LogP) is 4.10. The van der Waals surface area contributed by atoms with E-state index in [2.05, 4.69) is 20.3 Å². The lowest BCUT2D eigenvalue weighted by molar-refractivity contribution is -0.107. The van der Waals surface area contributed by atoms with Crippen molar-refractivity contribution in [3.05, 3.63) is 54.7 Å². The summed E-state index contributed by atoms with van der Waals surface area (Å²) in [6.07, 6.45) is 2.28. The van der Waals surface area contributed by atoms with Crippen LogP contribution in [0, 0.1) is 0 Å². The van der Waals surface area contributed by atoms with E-state index >= 15 is 0 Å². The SMILES string of the molecule is COc1ccc(Nc2nc3cc(Oc4ccnc(N(C)C=O)c4)ccc3[nH]2)cc1OC. The quantitative estimate of drug-likeness (QED) is 0.415. The third-order valence-electron chi connectivity index (χ3n) is 4.57. The Morgan fingerprint density at radius 1 is 1.00 bits per heavy atom. The molecule has 9 nitrogen and oxygen atoms in total. The molecule has 2 N–H and O–H groups in total. The first-order valence-electron chi connectivity index (χ1n) is 9.40. The number of carbonyl (C=O) groups excluding carboxylic acids is 1. The van der Waals surface area contributed by atoms with Crippen molar-refractivity contribution in [2.45, 2.75) is 0 Å². The number of H-pyrrole nitrogens is 1. The molecule has 0 bridgehead atoms. The van der Waals surface area contributed by atoms with Gasteiger partial charge in [-0.3, -0.25) is 4.79 Å². The highest BCUT2D eigenvalue weighted by atomic mass is 16.5. The molecule has 0 saturated carbocycles. The van der Waals surface area contributed by atoms with Crippen LogP contribution in [0.15, 0.2) is 54.7 Å². The fraction of sp³-hybridized carbons (Fsp3) is 0.136. The van der Waals surface area contributed by atoms with E-state index in [0.29, 0.717) is 41.2 Å². The number of methoxy groups -OCH3 is 2. The lowest BCUT2D eigenvalue weighted by Crippen LogP contribution is -2.14. The number of imidazole rings is 1. The highest BCUT2D eigenvalue weighted by Gasteiger charge is 2.09. The van der Waals surface area contributed by atoms with E-state index in [-0.39, 0.29) is 0 Å². The Morgan fingerprint density at radius 2 is 1.81 bits per heavy atom. The van der Waals surface area contributed by atoms with Crippen molar-refractivity contribution in [2.24, 2.45) is 0 Å². The Balaban J connectivity index is 1.54. The minimum atomic E-state index is 0.495. The fourth-order valence-electron chi connectivity index (χ4n) is 3.01. The molecule has 2 aromatic carbocycles. The molecule has 0 aliphatic carbocycles. The van der Waals surface area contributed by atoms with Gasteiger partial charge in [-0.1, -0.05) is 0 Å². The number of carbonyl (C=O) groups is 1. The number of hydrogen-bond donors (Lipinski definition) is 2. The zero-order valence-electron chi connectivity index (χ0n) is 17.2. The van der Waals surface area contributed by atoms with Crippen LogP contribution in [0.2, 0.25) is 0 Å². The van der Waals surface area contributed by atoms with Crippen LogP contribution >= 0.6 is 0 Å². The normalized spacial score (nSPS) is 10.5. The molecule has 9 heteroatoms. The number of aromatic amines is 1. The molecule has 0 fully saturated rings. The van der Waals surface area contributed by atoms with Crippen molar-refractivity contribution in [3.63, 3.8) is 0 Å². The van der Waals surface area contributed by atoms with E-state index in [1.165, 1.54) is 4.90 Å². The Hall–Kier alpha value is -4.27. The number of amides is 1. The highest BCUT2D eigenvalue weighted by molar-refractivity contribution is 5.80. The monoisotopic (exact) mass is 419 g/mol. The average molecular weight is 419 g/mol. The van der Waals surface area contributed by atoms with E-state index in [4.69, 9.17) is 14.2 Å². The third kappa shape index (κ3) is 4.35. The summed E-state index contributed by atoms with van der Waals surface area (Å²) < 4.78 is 16.5. The number of aromatic nitrogens is 3. The van der Waals surface area contributed by atoms with Crippen LogP contribution in [0.1, 0.15) is 0 Å². The van der Waals surface area contributed by atoms with Gasteiger partial charge in [-0.15, -0.1) is 0 Å². The molecule has 31 heavy (non-hydrogen) atoms. The van der Waals surface area contributed by atoms with Gasteiger partial charge in [-0.05, 0) is 30.3 Å². The number of rotatable bonds is 8. The number of ether oxygens (including phenoxy) is 3. The van der Waals surface area contributed by atoms with Gasteiger partial charge in [-0.25, -0.2) is 9.97 Å². The molecule has 4 rings (SSSR count). The standard InChI is InChI=1S/C22H21N5O4/c1-27(13-28)21-12-16(8-9-23-21)31-15-5-6-17-18(11-15)26-22(25-17)24-14-4-7-19(29-2)20(10-14)30-3/h4-13H,1-3H3,(H2,24,25,26). The molecule has 0 radical (unpaired) electrons. The van der Waals surface area contributed by atoms with Crippen molar-refractivity contribution in [3.8, 4) is 23.0 Å². The van der Waals surface area contributed by atoms with Gasteiger partial charge in [0.2, 0.25) is 12.4 Å². The van der Waals surface area contributed by atoms with Crippen LogP contribution in [0.3, 0.4) is 0 Å². The van der Waals surface area contributed by atoms with Gasteiger partial charge in [0.05, 0.1) is 25.3 Å². The molecule has 0 saturated heterocycles. The zero-order chi connectivity index (χ0) is 21.8. The first-order chi connectivity index (χ1) is 15.1. The van der Waals surface area contributed by atoms with Crippen LogP contribution in [-0.4, -0.2) is 42.6 Å². The number of pyridine rings is 1. The van der Waals surface area contributed by atoms with Gasteiger partial charge in [0, 0.05) is 37.1 Å². The average Bonchev–Trinajstić information content (AvgIpc) is 3.20. The minimum Gasteiger partial charge on any atom is -0.493 e. The lowest BCUT2D eigenvalue weighted by Gasteiger charge is -2.11. The number of fused-ring (bicyclic) bond motifs is 1. The second-order valence-corrected chi connectivity index (χ2v) is 6.63. The smallest absolute Gasteiger partial charge is 0.215 e. The number of nitrogens with one attached hydrogen (secondary N) is 2. The molecule has 0 unspecified atom stereocenters. The van der Waals surface area contributed by atoms with Gasteiger partial charge in [0.15, 0.2) is 11.5 Å². The van der Waals surface area contributed by atoms with Gasteiger partial charge in [0.25, 0.3) is 0 Å². The number of nitrogens with zero attached hydrogens (tertiary/aromatic N) is 3. The molecule has 4 aromatic rings. The van der Waals surface area contributed by atoms with Crippen molar-refractivity contribution >= 4 is 34.9 Å². The predicted molar refractivity (Wildman–Crippen MR) is 118 cm³/mol. The number of benzene rings is 2. The second-order valence-electron chi connectivity index (χ2n) is 6.63. The Kier molecular flexibility index (Phi) is 5.57. The summed E-state index contributed by atoms with van der Waals surface area (Å²) in [4.78, 5) is 24.3. The minimum absolute atomic E-state index is 0.495. The van der Waals surface area contributed by atoms with E-state index in [1.54, 1.807) is 39.6 Å². The summed E-state index contributed by atoms with van der Waals surface area (Å²) in [5, 5.41) is 3.23.